The maximum Gasteiger partial charge on any atom is 0.0434 e. The molecule has 0 unspecified atom stereocenters. The Morgan fingerprint density at radius 3 is 2.00 bits per heavy atom. The van der Waals surface area contributed by atoms with E-state index in [1.54, 1.807) is 0 Å². The van der Waals surface area contributed by atoms with Crippen LogP contribution >= 0.6 is 0 Å². The lowest BCUT2D eigenvalue weighted by molar-refractivity contribution is 0.300. The van der Waals surface area contributed by atoms with Crippen molar-refractivity contribution in [3.05, 3.63) is 53.9 Å². The third kappa shape index (κ3) is 8.09. The van der Waals surface area contributed by atoms with Crippen molar-refractivity contribution in [1.29, 1.82) is 0 Å². The Kier molecular flexibility index (Phi) is 10.6. The fourth-order valence-electron chi connectivity index (χ4n) is 5.22. The van der Waals surface area contributed by atoms with Crippen LogP contribution in [0.5, 0.6) is 0 Å². The molecule has 0 atom stereocenters. The van der Waals surface area contributed by atoms with Crippen molar-refractivity contribution >= 4 is 0 Å². The van der Waals surface area contributed by atoms with E-state index in [9.17, 15) is 0 Å². The first-order chi connectivity index (χ1) is 15.3. The Hall–Kier alpha value is -1.63. The second-order valence-corrected chi connectivity index (χ2v) is 9.90. The molecule has 0 radical (unpaired) electrons. The average molecular weight is 420 g/mol. The molecular weight excluding hydrogens is 374 g/mol. The molecule has 2 aromatic rings. The highest BCUT2D eigenvalue weighted by Gasteiger charge is 2.22. The normalized spacial score (nSPS) is 18.9. The largest absolute Gasteiger partial charge is 0.260 e. The molecule has 0 spiro atoms. The number of unbranched alkanes of at least 4 members (excludes halogenated alkanes) is 7. The van der Waals surface area contributed by atoms with Gasteiger partial charge in [0, 0.05) is 23.4 Å². The van der Waals surface area contributed by atoms with Crippen LogP contribution in [0, 0.1) is 5.92 Å². The summed E-state index contributed by atoms with van der Waals surface area (Å²) in [5, 5.41) is 0. The SMILES string of the molecule is CCCCCCCCc1ccc(-c2ccc([C@H]3CC[C@H](CCCCC)CC3)nc2)cc1. The van der Waals surface area contributed by atoms with Crippen molar-refractivity contribution in [1.82, 2.24) is 4.98 Å². The molecule has 1 aliphatic rings. The molecule has 31 heavy (non-hydrogen) atoms. The number of aromatic nitrogens is 1. The third-order valence-electron chi connectivity index (χ3n) is 7.37. The first kappa shape index (κ1) is 24.0. The van der Waals surface area contributed by atoms with Crippen molar-refractivity contribution in [3.8, 4) is 11.1 Å². The van der Waals surface area contributed by atoms with E-state index in [0.29, 0.717) is 5.92 Å². The summed E-state index contributed by atoms with van der Waals surface area (Å²) in [5.41, 5.74) is 5.34. The predicted octanol–water partition coefficient (Wildman–Crippen LogP) is 9.51. The van der Waals surface area contributed by atoms with E-state index in [2.05, 4.69) is 56.4 Å². The van der Waals surface area contributed by atoms with E-state index in [1.165, 1.54) is 119 Å². The van der Waals surface area contributed by atoms with Gasteiger partial charge in [-0.25, -0.2) is 0 Å². The number of nitrogens with zero attached hydrogens (tertiary/aromatic N) is 1. The molecule has 0 bridgehead atoms. The van der Waals surface area contributed by atoms with Crippen LogP contribution in [0.4, 0.5) is 0 Å². The second kappa shape index (κ2) is 13.7. The van der Waals surface area contributed by atoms with Crippen molar-refractivity contribution in [3.63, 3.8) is 0 Å². The highest BCUT2D eigenvalue weighted by Crippen LogP contribution is 2.37. The minimum Gasteiger partial charge on any atom is -0.260 e. The minimum absolute atomic E-state index is 0.677. The summed E-state index contributed by atoms with van der Waals surface area (Å²) in [6.07, 6.45) is 22.6. The Morgan fingerprint density at radius 2 is 1.32 bits per heavy atom. The maximum atomic E-state index is 4.89. The molecule has 1 aromatic heterocycles. The van der Waals surface area contributed by atoms with Gasteiger partial charge in [-0.05, 0) is 61.6 Å². The zero-order valence-corrected chi connectivity index (χ0v) is 20.2. The first-order valence-electron chi connectivity index (χ1n) is 13.4. The summed E-state index contributed by atoms with van der Waals surface area (Å²) in [6, 6.07) is 13.8. The first-order valence-corrected chi connectivity index (χ1v) is 13.4. The Bertz CT molecular complexity index is 707. The van der Waals surface area contributed by atoms with Gasteiger partial charge in [0.15, 0.2) is 0 Å². The number of hydrogen-bond donors (Lipinski definition) is 0. The summed E-state index contributed by atoms with van der Waals surface area (Å²) in [6.45, 7) is 4.59. The van der Waals surface area contributed by atoms with Crippen LogP contribution in [0.2, 0.25) is 0 Å². The lowest BCUT2D eigenvalue weighted by Crippen LogP contribution is -2.14. The number of hydrogen-bond acceptors (Lipinski definition) is 1. The number of aryl methyl sites for hydroxylation is 1. The standard InChI is InChI=1S/C30H45N/c1-3-5-7-8-9-11-13-26-14-18-27(19-15-26)29-22-23-30(31-24-29)28-20-16-25(17-21-28)12-10-6-4-2/h14-15,18-19,22-25,28H,3-13,16-17,20-21H2,1-2H3/t25-,28-. The van der Waals surface area contributed by atoms with Gasteiger partial charge in [-0.15, -0.1) is 0 Å². The predicted molar refractivity (Wildman–Crippen MR) is 136 cm³/mol. The molecule has 3 rings (SSSR count). The van der Waals surface area contributed by atoms with Crippen molar-refractivity contribution in [2.75, 3.05) is 0 Å². The lowest BCUT2D eigenvalue weighted by Gasteiger charge is -2.28. The van der Waals surface area contributed by atoms with Crippen molar-refractivity contribution in [2.45, 2.75) is 116 Å². The van der Waals surface area contributed by atoms with Crippen LogP contribution in [-0.2, 0) is 6.42 Å². The van der Waals surface area contributed by atoms with Gasteiger partial charge in [-0.1, -0.05) is 102 Å². The molecule has 0 aliphatic heterocycles. The van der Waals surface area contributed by atoms with Crippen LogP contribution in [0.25, 0.3) is 11.1 Å². The summed E-state index contributed by atoms with van der Waals surface area (Å²) in [5.74, 6) is 1.65. The van der Waals surface area contributed by atoms with Crippen molar-refractivity contribution in [2.24, 2.45) is 5.92 Å². The zero-order valence-electron chi connectivity index (χ0n) is 20.2. The van der Waals surface area contributed by atoms with Gasteiger partial charge < -0.3 is 0 Å². The van der Waals surface area contributed by atoms with Gasteiger partial charge >= 0.3 is 0 Å². The summed E-state index contributed by atoms with van der Waals surface area (Å²) < 4.78 is 0. The Balaban J connectivity index is 1.43. The summed E-state index contributed by atoms with van der Waals surface area (Å²) >= 11 is 0. The number of rotatable bonds is 13. The topological polar surface area (TPSA) is 12.9 Å². The van der Waals surface area contributed by atoms with Gasteiger partial charge in [0.05, 0.1) is 0 Å². The molecule has 0 N–H and O–H groups in total. The van der Waals surface area contributed by atoms with E-state index in [1.807, 2.05) is 0 Å². The van der Waals surface area contributed by atoms with Gasteiger partial charge in [0.25, 0.3) is 0 Å². The molecule has 1 heteroatoms. The fourth-order valence-corrected chi connectivity index (χ4v) is 5.22. The van der Waals surface area contributed by atoms with Crippen LogP contribution in [0.3, 0.4) is 0 Å². The number of benzene rings is 1. The van der Waals surface area contributed by atoms with E-state index in [4.69, 9.17) is 4.98 Å². The second-order valence-electron chi connectivity index (χ2n) is 9.90. The van der Waals surface area contributed by atoms with Gasteiger partial charge in [0.1, 0.15) is 0 Å². The molecule has 1 saturated carbocycles. The van der Waals surface area contributed by atoms with Crippen molar-refractivity contribution < 1.29 is 0 Å². The molecule has 1 aromatic carbocycles. The zero-order chi connectivity index (χ0) is 21.7. The quantitative estimate of drug-likeness (QED) is 0.294. The molecule has 1 aliphatic carbocycles. The van der Waals surface area contributed by atoms with Crippen LogP contribution < -0.4 is 0 Å². The van der Waals surface area contributed by atoms with Crippen LogP contribution in [-0.4, -0.2) is 4.98 Å². The smallest absolute Gasteiger partial charge is 0.0434 e. The highest BCUT2D eigenvalue weighted by molar-refractivity contribution is 5.62. The Morgan fingerprint density at radius 1 is 0.677 bits per heavy atom. The van der Waals surface area contributed by atoms with Gasteiger partial charge in [-0.3, -0.25) is 4.98 Å². The van der Waals surface area contributed by atoms with Crippen LogP contribution in [0.1, 0.15) is 121 Å². The summed E-state index contributed by atoms with van der Waals surface area (Å²) in [4.78, 5) is 4.89. The third-order valence-corrected chi connectivity index (χ3v) is 7.37. The number of pyridine rings is 1. The molecular formula is C30H45N. The molecule has 1 heterocycles. The van der Waals surface area contributed by atoms with E-state index in [-0.39, 0.29) is 0 Å². The fraction of sp³-hybridized carbons (Fsp3) is 0.633. The van der Waals surface area contributed by atoms with Crippen LogP contribution in [0.15, 0.2) is 42.6 Å². The van der Waals surface area contributed by atoms with E-state index < -0.39 is 0 Å². The monoisotopic (exact) mass is 419 g/mol. The molecule has 1 nitrogen and oxygen atoms in total. The lowest BCUT2D eigenvalue weighted by atomic mass is 9.78. The minimum atomic E-state index is 0.677. The van der Waals surface area contributed by atoms with Gasteiger partial charge in [-0.2, -0.15) is 0 Å². The molecule has 0 amide bonds. The van der Waals surface area contributed by atoms with Gasteiger partial charge in [0.2, 0.25) is 0 Å². The molecule has 1 fully saturated rings. The molecule has 170 valence electrons. The summed E-state index contributed by atoms with van der Waals surface area (Å²) in [7, 11) is 0. The molecule has 0 saturated heterocycles. The Labute approximate surface area is 192 Å². The average Bonchev–Trinajstić information content (AvgIpc) is 2.82. The maximum absolute atomic E-state index is 4.89. The van der Waals surface area contributed by atoms with E-state index in [0.717, 1.165) is 5.92 Å². The highest BCUT2D eigenvalue weighted by atomic mass is 14.7. The van der Waals surface area contributed by atoms with E-state index >= 15 is 0 Å².